The molecule has 0 amide bonds. The van der Waals surface area contributed by atoms with Crippen LogP contribution in [0.15, 0.2) is 18.2 Å². The van der Waals surface area contributed by atoms with Crippen molar-refractivity contribution in [1.29, 1.82) is 0 Å². The van der Waals surface area contributed by atoms with Crippen molar-refractivity contribution < 1.29 is 5.11 Å². The minimum atomic E-state index is 0.180. The van der Waals surface area contributed by atoms with Crippen LogP contribution < -0.4 is 5.32 Å². The predicted octanol–water partition coefficient (Wildman–Crippen LogP) is 3.40. The van der Waals surface area contributed by atoms with Crippen LogP contribution in [0.1, 0.15) is 44.9 Å². The van der Waals surface area contributed by atoms with Gasteiger partial charge in [-0.1, -0.05) is 38.5 Å². The molecule has 2 N–H and O–H groups in total. The summed E-state index contributed by atoms with van der Waals surface area (Å²) < 4.78 is 0. The van der Waals surface area contributed by atoms with E-state index in [2.05, 4.69) is 33.0 Å². The van der Waals surface area contributed by atoms with Crippen LogP contribution >= 0.6 is 0 Å². The average Bonchev–Trinajstić information content (AvgIpc) is 2.17. The van der Waals surface area contributed by atoms with Crippen LogP contribution in [-0.2, 0) is 0 Å². The first-order valence-corrected chi connectivity index (χ1v) is 5.82. The summed E-state index contributed by atoms with van der Waals surface area (Å²) in [5, 5.41) is 13.2. The number of nitrogens with one attached hydrogen (secondary N) is 1. The fourth-order valence-corrected chi connectivity index (χ4v) is 1.59. The van der Waals surface area contributed by atoms with E-state index in [0.717, 1.165) is 12.1 Å². The van der Waals surface area contributed by atoms with E-state index in [1.165, 1.54) is 5.56 Å². The normalized spacial score (nSPS) is 13.8. The molecule has 0 heterocycles. The highest BCUT2D eigenvalue weighted by atomic mass is 16.3. The fourth-order valence-electron chi connectivity index (χ4n) is 1.59. The highest BCUT2D eigenvalue weighted by Gasteiger charge is 2.14. The molecule has 2 nitrogen and oxygen atoms in total. The Hall–Kier alpha value is -1.02. The second kappa shape index (κ2) is 4.88. The number of aromatic hydroxyl groups is 1. The average molecular weight is 221 g/mol. The largest absolute Gasteiger partial charge is 0.508 e. The number of phenolic OH excluding ortho intramolecular Hbond substituents is 1. The predicted molar refractivity (Wildman–Crippen MR) is 68.7 cm³/mol. The minimum absolute atomic E-state index is 0.180. The summed E-state index contributed by atoms with van der Waals surface area (Å²) in [6.45, 7) is 11.6. The molecule has 0 fully saturated rings. The number of aryl methyl sites for hydroxylation is 1. The lowest BCUT2D eigenvalue weighted by Gasteiger charge is -2.23. The van der Waals surface area contributed by atoms with Gasteiger partial charge in [-0.05, 0) is 25.3 Å². The first-order valence-electron chi connectivity index (χ1n) is 5.82. The smallest absolute Gasteiger partial charge is 0.120 e. The molecular weight excluding hydrogens is 198 g/mol. The third kappa shape index (κ3) is 3.86. The molecular formula is C14H23NO. The quantitative estimate of drug-likeness (QED) is 0.820. The number of benzene rings is 1. The molecule has 1 atom stereocenters. The highest BCUT2D eigenvalue weighted by molar-refractivity contribution is 5.37. The molecule has 1 aromatic carbocycles. The third-order valence-electron chi connectivity index (χ3n) is 2.59. The molecule has 0 aliphatic heterocycles. The topological polar surface area (TPSA) is 32.3 Å². The van der Waals surface area contributed by atoms with Crippen molar-refractivity contribution in [2.45, 2.75) is 40.7 Å². The second-order valence-electron chi connectivity index (χ2n) is 5.73. The highest BCUT2D eigenvalue weighted by Crippen LogP contribution is 2.25. The maximum atomic E-state index is 9.79. The molecule has 0 aliphatic carbocycles. The van der Waals surface area contributed by atoms with Gasteiger partial charge in [-0.25, -0.2) is 0 Å². The Bertz CT molecular complexity index is 352. The van der Waals surface area contributed by atoms with Crippen LogP contribution in [0.5, 0.6) is 5.75 Å². The summed E-state index contributed by atoms with van der Waals surface area (Å²) in [4.78, 5) is 0. The standard InChI is InChI=1S/C14H23NO/c1-10-6-7-13(16)12(8-10)11(2)15-9-14(3,4)5/h6-8,11,15-16H,9H2,1-5H3. The van der Waals surface area contributed by atoms with E-state index < -0.39 is 0 Å². The van der Waals surface area contributed by atoms with Crippen LogP contribution in [0.3, 0.4) is 0 Å². The van der Waals surface area contributed by atoms with Gasteiger partial charge < -0.3 is 10.4 Å². The Balaban J connectivity index is 2.73. The lowest BCUT2D eigenvalue weighted by molar-refractivity contribution is 0.355. The van der Waals surface area contributed by atoms with E-state index in [1.807, 2.05) is 19.1 Å². The molecule has 0 spiro atoms. The Morgan fingerprint density at radius 3 is 2.50 bits per heavy atom. The minimum Gasteiger partial charge on any atom is -0.508 e. The zero-order chi connectivity index (χ0) is 12.3. The van der Waals surface area contributed by atoms with Gasteiger partial charge in [0.2, 0.25) is 0 Å². The molecule has 0 saturated heterocycles. The van der Waals surface area contributed by atoms with Crippen LogP contribution in [0.25, 0.3) is 0 Å². The maximum absolute atomic E-state index is 9.79. The first kappa shape index (κ1) is 13.0. The first-order chi connectivity index (χ1) is 7.29. The molecule has 1 rings (SSSR count). The van der Waals surface area contributed by atoms with E-state index in [9.17, 15) is 5.11 Å². The lowest BCUT2D eigenvalue weighted by Crippen LogP contribution is -2.29. The number of rotatable bonds is 3. The van der Waals surface area contributed by atoms with Crippen molar-refractivity contribution >= 4 is 0 Å². The monoisotopic (exact) mass is 221 g/mol. The number of phenols is 1. The van der Waals surface area contributed by atoms with Gasteiger partial charge in [0.15, 0.2) is 0 Å². The van der Waals surface area contributed by atoms with Gasteiger partial charge in [-0.15, -0.1) is 0 Å². The van der Waals surface area contributed by atoms with Crippen LogP contribution in [0.2, 0.25) is 0 Å². The number of hydrogen-bond acceptors (Lipinski definition) is 2. The summed E-state index contributed by atoms with van der Waals surface area (Å²) in [5.41, 5.74) is 2.41. The van der Waals surface area contributed by atoms with Gasteiger partial charge in [-0.2, -0.15) is 0 Å². The Morgan fingerprint density at radius 1 is 1.31 bits per heavy atom. The molecule has 0 aromatic heterocycles. The van der Waals surface area contributed by atoms with E-state index in [1.54, 1.807) is 6.07 Å². The summed E-state index contributed by atoms with van der Waals surface area (Å²) in [5.74, 6) is 0.375. The third-order valence-corrected chi connectivity index (χ3v) is 2.59. The van der Waals surface area contributed by atoms with Gasteiger partial charge in [-0.3, -0.25) is 0 Å². The summed E-state index contributed by atoms with van der Waals surface area (Å²) in [6, 6.07) is 5.91. The van der Waals surface area contributed by atoms with E-state index in [-0.39, 0.29) is 11.5 Å². The van der Waals surface area contributed by atoms with E-state index in [4.69, 9.17) is 0 Å². The zero-order valence-corrected chi connectivity index (χ0v) is 11.0. The van der Waals surface area contributed by atoms with Crippen LogP contribution in [0.4, 0.5) is 0 Å². The van der Waals surface area contributed by atoms with Crippen molar-refractivity contribution in [1.82, 2.24) is 5.32 Å². The molecule has 16 heavy (non-hydrogen) atoms. The van der Waals surface area contributed by atoms with Gasteiger partial charge >= 0.3 is 0 Å². The Labute approximate surface area is 98.7 Å². The zero-order valence-electron chi connectivity index (χ0n) is 11.0. The summed E-state index contributed by atoms with van der Waals surface area (Å²) >= 11 is 0. The van der Waals surface area contributed by atoms with Crippen LogP contribution in [0, 0.1) is 12.3 Å². The molecule has 1 unspecified atom stereocenters. The summed E-state index contributed by atoms with van der Waals surface area (Å²) in [6.07, 6.45) is 0. The molecule has 0 aliphatic rings. The molecule has 1 aromatic rings. The molecule has 2 heteroatoms. The number of hydrogen-bond donors (Lipinski definition) is 2. The lowest BCUT2D eigenvalue weighted by atomic mass is 9.95. The molecule has 0 bridgehead atoms. The van der Waals surface area contributed by atoms with Gasteiger partial charge in [0, 0.05) is 18.2 Å². The Kier molecular flexibility index (Phi) is 3.98. The van der Waals surface area contributed by atoms with Crippen LogP contribution in [-0.4, -0.2) is 11.7 Å². The van der Waals surface area contributed by atoms with Crippen molar-refractivity contribution in [3.63, 3.8) is 0 Å². The Morgan fingerprint density at radius 2 is 1.94 bits per heavy atom. The molecule has 90 valence electrons. The van der Waals surface area contributed by atoms with Crippen molar-refractivity contribution in [3.8, 4) is 5.75 Å². The fraction of sp³-hybridized carbons (Fsp3) is 0.571. The van der Waals surface area contributed by atoms with E-state index in [0.29, 0.717) is 5.75 Å². The van der Waals surface area contributed by atoms with E-state index >= 15 is 0 Å². The van der Waals surface area contributed by atoms with Gasteiger partial charge in [0.05, 0.1) is 0 Å². The molecule has 0 saturated carbocycles. The maximum Gasteiger partial charge on any atom is 0.120 e. The van der Waals surface area contributed by atoms with Crippen molar-refractivity contribution in [3.05, 3.63) is 29.3 Å². The van der Waals surface area contributed by atoms with Gasteiger partial charge in [0.1, 0.15) is 5.75 Å². The van der Waals surface area contributed by atoms with Crippen molar-refractivity contribution in [2.24, 2.45) is 5.41 Å². The van der Waals surface area contributed by atoms with Gasteiger partial charge in [0.25, 0.3) is 0 Å². The molecule has 0 radical (unpaired) electrons. The summed E-state index contributed by atoms with van der Waals surface area (Å²) in [7, 11) is 0. The van der Waals surface area contributed by atoms with Crippen molar-refractivity contribution in [2.75, 3.05) is 6.54 Å². The second-order valence-corrected chi connectivity index (χ2v) is 5.73. The SMILES string of the molecule is Cc1ccc(O)c(C(C)NCC(C)(C)C)c1.